The zero-order chi connectivity index (χ0) is 22.6. The Bertz CT molecular complexity index is 1160. The predicted molar refractivity (Wildman–Crippen MR) is 134 cm³/mol. The molecule has 0 saturated carbocycles. The lowest BCUT2D eigenvalue weighted by Gasteiger charge is -2.24. The molecule has 162 valence electrons. The molecule has 4 heteroatoms. The average Bonchev–Trinajstić information content (AvgIpc) is 2.79. The predicted octanol–water partition coefficient (Wildman–Crippen LogP) is 5.32. The van der Waals surface area contributed by atoms with E-state index in [0.29, 0.717) is 5.75 Å². The van der Waals surface area contributed by atoms with Gasteiger partial charge in [0.05, 0.1) is 0 Å². The fraction of sp³-hybridized carbons (Fsp3) is 0.179. The summed E-state index contributed by atoms with van der Waals surface area (Å²) in [4.78, 5) is 12.4. The SMILES string of the molecule is CC(C)(C)OC(=O)COc1ccc2ccccc2c1P(c1ccccc1)c1ccccc1. The molecule has 4 rings (SSSR count). The number of ether oxygens (including phenoxy) is 2. The molecule has 4 aromatic carbocycles. The summed E-state index contributed by atoms with van der Waals surface area (Å²) in [6.45, 7) is 5.44. The maximum Gasteiger partial charge on any atom is 0.344 e. The summed E-state index contributed by atoms with van der Waals surface area (Å²) in [5.74, 6) is 0.341. The molecule has 0 aliphatic heterocycles. The van der Waals surface area contributed by atoms with E-state index in [0.717, 1.165) is 16.1 Å². The molecule has 0 atom stereocenters. The summed E-state index contributed by atoms with van der Waals surface area (Å²) >= 11 is 0. The van der Waals surface area contributed by atoms with Crippen molar-refractivity contribution in [2.75, 3.05) is 6.61 Å². The Hall–Kier alpha value is -3.16. The molecular formula is C28H27O3P. The molecule has 32 heavy (non-hydrogen) atoms. The summed E-state index contributed by atoms with van der Waals surface area (Å²) in [7, 11) is -0.901. The molecule has 0 heterocycles. The van der Waals surface area contributed by atoms with Gasteiger partial charge in [-0.25, -0.2) is 4.79 Å². The van der Waals surface area contributed by atoms with Crippen molar-refractivity contribution < 1.29 is 14.3 Å². The first-order valence-electron chi connectivity index (χ1n) is 10.7. The normalized spacial score (nSPS) is 11.5. The summed E-state index contributed by atoms with van der Waals surface area (Å²) < 4.78 is 11.6. The highest BCUT2D eigenvalue weighted by Gasteiger charge is 2.24. The van der Waals surface area contributed by atoms with E-state index >= 15 is 0 Å². The fourth-order valence-corrected chi connectivity index (χ4v) is 6.21. The van der Waals surface area contributed by atoms with E-state index < -0.39 is 13.5 Å². The second-order valence-corrected chi connectivity index (χ2v) is 10.7. The van der Waals surface area contributed by atoms with Crippen LogP contribution in [0.4, 0.5) is 0 Å². The van der Waals surface area contributed by atoms with E-state index in [1.54, 1.807) is 0 Å². The van der Waals surface area contributed by atoms with E-state index in [2.05, 4.69) is 60.7 Å². The minimum absolute atomic E-state index is 0.130. The molecule has 0 spiro atoms. The van der Waals surface area contributed by atoms with Crippen molar-refractivity contribution >= 4 is 40.6 Å². The van der Waals surface area contributed by atoms with Crippen LogP contribution in [0, 0.1) is 0 Å². The van der Waals surface area contributed by atoms with Gasteiger partial charge in [-0.2, -0.15) is 0 Å². The van der Waals surface area contributed by atoms with Crippen LogP contribution >= 0.6 is 7.92 Å². The molecule has 0 fully saturated rings. The lowest BCUT2D eigenvalue weighted by atomic mass is 10.1. The van der Waals surface area contributed by atoms with Crippen LogP contribution in [-0.2, 0) is 9.53 Å². The van der Waals surface area contributed by atoms with Gasteiger partial charge < -0.3 is 9.47 Å². The van der Waals surface area contributed by atoms with E-state index in [1.165, 1.54) is 10.6 Å². The number of rotatable bonds is 6. The van der Waals surface area contributed by atoms with Crippen molar-refractivity contribution in [2.24, 2.45) is 0 Å². The second-order valence-electron chi connectivity index (χ2n) is 8.52. The lowest BCUT2D eigenvalue weighted by Crippen LogP contribution is -2.29. The molecular weight excluding hydrogens is 415 g/mol. The molecule has 0 aliphatic carbocycles. The van der Waals surface area contributed by atoms with Gasteiger partial charge in [-0.3, -0.25) is 0 Å². The van der Waals surface area contributed by atoms with Gasteiger partial charge in [0.1, 0.15) is 11.4 Å². The second kappa shape index (κ2) is 9.54. The maximum atomic E-state index is 12.4. The Morgan fingerprint density at radius 2 is 1.31 bits per heavy atom. The van der Waals surface area contributed by atoms with Crippen LogP contribution in [0.2, 0.25) is 0 Å². The highest BCUT2D eigenvalue weighted by molar-refractivity contribution is 7.80. The van der Waals surface area contributed by atoms with Crippen molar-refractivity contribution in [2.45, 2.75) is 26.4 Å². The Balaban J connectivity index is 1.84. The molecule has 4 aromatic rings. The molecule has 0 N–H and O–H groups in total. The first-order valence-corrected chi connectivity index (χ1v) is 12.0. The van der Waals surface area contributed by atoms with E-state index in [4.69, 9.17) is 9.47 Å². The van der Waals surface area contributed by atoms with Gasteiger partial charge in [-0.1, -0.05) is 91.0 Å². The van der Waals surface area contributed by atoms with Crippen LogP contribution in [0.3, 0.4) is 0 Å². The number of carbonyl (C=O) groups excluding carboxylic acids is 1. The topological polar surface area (TPSA) is 35.5 Å². The number of fused-ring (bicyclic) bond motifs is 1. The highest BCUT2D eigenvalue weighted by atomic mass is 31.1. The smallest absolute Gasteiger partial charge is 0.344 e. The Morgan fingerprint density at radius 1 is 0.750 bits per heavy atom. The summed E-state index contributed by atoms with van der Waals surface area (Å²) in [5, 5.41) is 5.85. The number of benzene rings is 4. The molecule has 0 aromatic heterocycles. The van der Waals surface area contributed by atoms with Crippen LogP contribution < -0.4 is 20.7 Å². The largest absolute Gasteiger partial charge is 0.481 e. The maximum absolute atomic E-state index is 12.4. The van der Waals surface area contributed by atoms with Crippen LogP contribution in [0.15, 0.2) is 97.1 Å². The van der Waals surface area contributed by atoms with Crippen molar-refractivity contribution in [3.05, 3.63) is 97.1 Å². The van der Waals surface area contributed by atoms with E-state index in [-0.39, 0.29) is 12.6 Å². The third kappa shape index (κ3) is 5.18. The van der Waals surface area contributed by atoms with Crippen LogP contribution in [0.25, 0.3) is 10.8 Å². The molecule has 0 radical (unpaired) electrons. The van der Waals surface area contributed by atoms with Gasteiger partial charge in [0.2, 0.25) is 0 Å². The first-order chi connectivity index (χ1) is 15.4. The average molecular weight is 442 g/mol. The number of hydrogen-bond donors (Lipinski definition) is 0. The third-order valence-electron chi connectivity index (χ3n) is 4.88. The lowest BCUT2D eigenvalue weighted by molar-refractivity contribution is -0.157. The Kier molecular flexibility index (Phi) is 6.58. The van der Waals surface area contributed by atoms with Crippen molar-refractivity contribution in [1.82, 2.24) is 0 Å². The Morgan fingerprint density at radius 3 is 1.91 bits per heavy atom. The number of esters is 1. The summed E-state index contributed by atoms with van der Waals surface area (Å²) in [5.41, 5.74) is -0.548. The summed E-state index contributed by atoms with van der Waals surface area (Å²) in [6, 6.07) is 33.4. The van der Waals surface area contributed by atoms with E-state index in [9.17, 15) is 4.79 Å². The van der Waals surface area contributed by atoms with Gasteiger partial charge in [-0.05, 0) is 56.1 Å². The first kappa shape index (κ1) is 22.0. The number of carbonyl (C=O) groups is 1. The van der Waals surface area contributed by atoms with Crippen LogP contribution in [-0.4, -0.2) is 18.2 Å². The van der Waals surface area contributed by atoms with E-state index in [1.807, 2.05) is 57.2 Å². The Labute approximate surface area is 190 Å². The molecule has 0 aliphatic rings. The summed E-state index contributed by atoms with van der Waals surface area (Å²) in [6.07, 6.45) is 0. The zero-order valence-corrected chi connectivity index (χ0v) is 19.5. The minimum atomic E-state index is -0.901. The standard InChI is InChI=1S/C28H27O3P/c1-28(2,3)31-26(29)20-30-25-19-18-21-12-10-11-17-24(21)27(25)32(22-13-6-4-7-14-22)23-15-8-5-9-16-23/h4-19H,20H2,1-3H3. The monoisotopic (exact) mass is 442 g/mol. The van der Waals surface area contributed by atoms with Gasteiger partial charge in [-0.15, -0.1) is 0 Å². The van der Waals surface area contributed by atoms with Gasteiger partial charge in [0.25, 0.3) is 0 Å². The fourth-order valence-electron chi connectivity index (χ4n) is 3.65. The van der Waals surface area contributed by atoms with Gasteiger partial charge >= 0.3 is 5.97 Å². The van der Waals surface area contributed by atoms with Gasteiger partial charge in [0.15, 0.2) is 6.61 Å². The molecule has 0 saturated heterocycles. The van der Waals surface area contributed by atoms with Crippen molar-refractivity contribution in [3.8, 4) is 5.75 Å². The molecule has 0 bridgehead atoms. The number of hydrogen-bond acceptors (Lipinski definition) is 3. The third-order valence-corrected chi connectivity index (χ3v) is 7.42. The zero-order valence-electron chi connectivity index (χ0n) is 18.6. The van der Waals surface area contributed by atoms with Crippen LogP contribution in [0.5, 0.6) is 5.75 Å². The van der Waals surface area contributed by atoms with Crippen LogP contribution in [0.1, 0.15) is 20.8 Å². The molecule has 3 nitrogen and oxygen atoms in total. The quantitative estimate of drug-likeness (QED) is 0.300. The minimum Gasteiger partial charge on any atom is -0.481 e. The molecule has 0 amide bonds. The molecule has 0 unspecified atom stereocenters. The van der Waals surface area contributed by atoms with Crippen molar-refractivity contribution in [1.29, 1.82) is 0 Å². The van der Waals surface area contributed by atoms with Crippen molar-refractivity contribution in [3.63, 3.8) is 0 Å². The highest BCUT2D eigenvalue weighted by Crippen LogP contribution is 2.39. The van der Waals surface area contributed by atoms with Gasteiger partial charge in [0, 0.05) is 5.30 Å².